The van der Waals surface area contributed by atoms with Gasteiger partial charge in [0.2, 0.25) is 11.8 Å². The number of aryl methyl sites for hydroxylation is 1. The summed E-state index contributed by atoms with van der Waals surface area (Å²) in [7, 11) is 0. The lowest BCUT2D eigenvalue weighted by Gasteiger charge is -2.13. The molecule has 3 aromatic rings. The second-order valence-electron chi connectivity index (χ2n) is 7.19. The minimum Gasteiger partial charge on any atom is -0.368 e. The van der Waals surface area contributed by atoms with Crippen molar-refractivity contribution in [3.05, 3.63) is 59.9 Å². The van der Waals surface area contributed by atoms with Gasteiger partial charge in [-0.25, -0.2) is 4.98 Å². The number of aromatic nitrogens is 2. The van der Waals surface area contributed by atoms with E-state index in [2.05, 4.69) is 15.6 Å². The second kappa shape index (κ2) is 8.45. The molecule has 1 saturated heterocycles. The number of carbonyl (C=O) groups excluding carboxylic acids is 2. The number of ether oxygens (including phenoxy) is 1. The summed E-state index contributed by atoms with van der Waals surface area (Å²) in [5, 5.41) is 5.85. The van der Waals surface area contributed by atoms with E-state index in [9.17, 15) is 9.59 Å². The van der Waals surface area contributed by atoms with Crippen LogP contribution in [-0.2, 0) is 27.4 Å². The van der Waals surface area contributed by atoms with E-state index in [4.69, 9.17) is 4.74 Å². The number of hydrogen-bond acceptors (Lipinski definition) is 4. The van der Waals surface area contributed by atoms with Crippen LogP contribution in [0.5, 0.6) is 0 Å². The highest BCUT2D eigenvalue weighted by Gasteiger charge is 2.24. The van der Waals surface area contributed by atoms with Gasteiger partial charge in [-0.15, -0.1) is 0 Å². The fraction of sp³-hybridized carbons (Fsp3) is 0.318. The van der Waals surface area contributed by atoms with Gasteiger partial charge in [0.1, 0.15) is 18.5 Å². The van der Waals surface area contributed by atoms with Crippen LogP contribution >= 0.6 is 0 Å². The zero-order valence-corrected chi connectivity index (χ0v) is 16.4. The lowest BCUT2D eigenvalue weighted by atomic mass is 10.2. The van der Waals surface area contributed by atoms with Gasteiger partial charge in [0.15, 0.2) is 0 Å². The third-order valence-corrected chi connectivity index (χ3v) is 5.10. The molecule has 1 unspecified atom stereocenters. The number of carbonyl (C=O) groups is 2. The molecule has 0 bridgehead atoms. The van der Waals surface area contributed by atoms with Gasteiger partial charge in [0.05, 0.1) is 17.6 Å². The molecule has 1 fully saturated rings. The summed E-state index contributed by atoms with van der Waals surface area (Å²) in [5.41, 5.74) is 3.43. The number of hydrogen-bond donors (Lipinski definition) is 2. The Bertz CT molecular complexity index is 1040. The predicted octanol–water partition coefficient (Wildman–Crippen LogP) is 2.78. The largest absolute Gasteiger partial charge is 0.368 e. The van der Waals surface area contributed by atoms with E-state index in [-0.39, 0.29) is 24.9 Å². The summed E-state index contributed by atoms with van der Waals surface area (Å²) in [6, 6.07) is 15.3. The minimum atomic E-state index is -0.391. The highest BCUT2D eigenvalue weighted by molar-refractivity contribution is 5.92. The molecule has 150 valence electrons. The molecule has 29 heavy (non-hydrogen) atoms. The lowest BCUT2D eigenvalue weighted by molar-refractivity contribution is -0.130. The van der Waals surface area contributed by atoms with Crippen LogP contribution in [0, 0.1) is 6.92 Å². The van der Waals surface area contributed by atoms with Crippen LogP contribution in [0.3, 0.4) is 0 Å². The molecule has 0 spiro atoms. The van der Waals surface area contributed by atoms with Gasteiger partial charge in [-0.2, -0.15) is 0 Å². The Labute approximate surface area is 169 Å². The van der Waals surface area contributed by atoms with Crippen molar-refractivity contribution in [2.45, 2.75) is 39.0 Å². The van der Waals surface area contributed by atoms with Crippen LogP contribution in [0.1, 0.15) is 24.2 Å². The zero-order valence-electron chi connectivity index (χ0n) is 16.4. The van der Waals surface area contributed by atoms with E-state index in [1.165, 1.54) is 0 Å². The van der Waals surface area contributed by atoms with Crippen molar-refractivity contribution < 1.29 is 14.3 Å². The quantitative estimate of drug-likeness (QED) is 0.676. The van der Waals surface area contributed by atoms with E-state index in [0.717, 1.165) is 35.1 Å². The summed E-state index contributed by atoms with van der Waals surface area (Å²) in [6.45, 7) is 2.93. The average molecular weight is 392 g/mol. The van der Waals surface area contributed by atoms with Gasteiger partial charge < -0.3 is 19.9 Å². The Morgan fingerprint density at radius 1 is 1.17 bits per heavy atom. The third kappa shape index (κ3) is 4.30. The second-order valence-corrected chi connectivity index (χ2v) is 7.19. The Kier molecular flexibility index (Phi) is 5.57. The van der Waals surface area contributed by atoms with Crippen LogP contribution in [0.4, 0.5) is 5.69 Å². The minimum absolute atomic E-state index is 0.111. The Morgan fingerprint density at radius 2 is 1.97 bits per heavy atom. The molecule has 2 aromatic carbocycles. The van der Waals surface area contributed by atoms with E-state index < -0.39 is 6.10 Å². The molecule has 2 N–H and O–H groups in total. The first kappa shape index (κ1) is 19.1. The molecular weight excluding hydrogens is 368 g/mol. The highest BCUT2D eigenvalue weighted by atomic mass is 16.5. The fourth-order valence-electron chi connectivity index (χ4n) is 3.55. The Hall–Kier alpha value is -3.19. The monoisotopic (exact) mass is 392 g/mol. The number of benzene rings is 2. The molecule has 4 rings (SSSR count). The van der Waals surface area contributed by atoms with Gasteiger partial charge >= 0.3 is 0 Å². The number of rotatable bonds is 6. The number of nitrogens with zero attached hydrogens (tertiary/aromatic N) is 2. The first-order chi connectivity index (χ1) is 14.1. The van der Waals surface area contributed by atoms with Crippen molar-refractivity contribution in [2.75, 3.05) is 11.9 Å². The van der Waals surface area contributed by atoms with Gasteiger partial charge in [-0.3, -0.25) is 9.59 Å². The summed E-state index contributed by atoms with van der Waals surface area (Å²) in [6.07, 6.45) is 1.24. The molecule has 0 saturated carbocycles. The van der Waals surface area contributed by atoms with Crippen molar-refractivity contribution in [3.63, 3.8) is 0 Å². The molecule has 1 aliphatic heterocycles. The number of para-hydroxylation sites is 3. The van der Waals surface area contributed by atoms with Crippen molar-refractivity contribution in [1.82, 2.24) is 14.9 Å². The molecule has 1 aromatic heterocycles. The number of amides is 2. The van der Waals surface area contributed by atoms with Crippen LogP contribution in [0.2, 0.25) is 0 Å². The van der Waals surface area contributed by atoms with Crippen LogP contribution in [0.15, 0.2) is 48.5 Å². The van der Waals surface area contributed by atoms with Crippen LogP contribution in [0.25, 0.3) is 11.0 Å². The van der Waals surface area contributed by atoms with Crippen LogP contribution < -0.4 is 10.6 Å². The lowest BCUT2D eigenvalue weighted by Crippen LogP contribution is -2.34. The zero-order chi connectivity index (χ0) is 20.2. The summed E-state index contributed by atoms with van der Waals surface area (Å²) >= 11 is 0. The molecule has 1 aliphatic rings. The molecule has 1 atom stereocenters. The molecule has 7 heteroatoms. The maximum Gasteiger partial charge on any atom is 0.249 e. The number of anilines is 1. The number of nitrogens with one attached hydrogen (secondary N) is 2. The van der Waals surface area contributed by atoms with Crippen molar-refractivity contribution in [1.29, 1.82) is 0 Å². The topological polar surface area (TPSA) is 85.2 Å². The van der Waals surface area contributed by atoms with Gasteiger partial charge in [-0.05, 0) is 43.5 Å². The summed E-state index contributed by atoms with van der Waals surface area (Å²) in [4.78, 5) is 29.6. The number of imidazole rings is 1. The van der Waals surface area contributed by atoms with Gasteiger partial charge in [0.25, 0.3) is 0 Å². The normalized spacial score (nSPS) is 16.1. The van der Waals surface area contributed by atoms with Crippen LogP contribution in [-0.4, -0.2) is 34.1 Å². The van der Waals surface area contributed by atoms with Crippen molar-refractivity contribution in [3.8, 4) is 0 Å². The Morgan fingerprint density at radius 3 is 2.76 bits per heavy atom. The Balaban J connectivity index is 1.52. The highest BCUT2D eigenvalue weighted by Crippen LogP contribution is 2.18. The van der Waals surface area contributed by atoms with E-state index in [1.54, 1.807) is 0 Å². The summed E-state index contributed by atoms with van der Waals surface area (Å²) < 4.78 is 7.28. The molecule has 7 nitrogen and oxygen atoms in total. The van der Waals surface area contributed by atoms with Crippen molar-refractivity contribution in [2.24, 2.45) is 0 Å². The number of fused-ring (bicyclic) bond motifs is 1. The molecule has 0 radical (unpaired) electrons. The summed E-state index contributed by atoms with van der Waals surface area (Å²) in [5.74, 6) is 0.358. The molecule has 2 heterocycles. The average Bonchev–Trinajstić information content (AvgIpc) is 3.37. The van der Waals surface area contributed by atoms with E-state index >= 15 is 0 Å². The first-order valence-corrected chi connectivity index (χ1v) is 9.81. The maximum absolute atomic E-state index is 12.7. The van der Waals surface area contributed by atoms with Crippen molar-refractivity contribution >= 4 is 28.5 Å². The van der Waals surface area contributed by atoms with Gasteiger partial charge in [-0.1, -0.05) is 30.3 Å². The smallest absolute Gasteiger partial charge is 0.249 e. The molecule has 2 amide bonds. The van der Waals surface area contributed by atoms with Gasteiger partial charge in [0, 0.05) is 12.3 Å². The molecular formula is C22H24N4O3. The third-order valence-electron chi connectivity index (χ3n) is 5.10. The van der Waals surface area contributed by atoms with E-state index in [0.29, 0.717) is 12.4 Å². The SMILES string of the molecule is Cc1ccccc1NC(=O)Cn1c(CNC(=O)C2CCCO2)nc2ccccc21. The fourth-order valence-corrected chi connectivity index (χ4v) is 3.55. The van der Waals surface area contributed by atoms with E-state index in [1.807, 2.05) is 60.0 Å². The standard InChI is InChI=1S/C22H24N4O3/c1-15-7-2-3-8-16(15)25-21(27)14-26-18-10-5-4-9-17(18)24-20(26)13-23-22(28)19-11-6-12-29-19/h2-5,7-10,19H,6,11-14H2,1H3,(H,23,28)(H,25,27). The molecule has 0 aliphatic carbocycles. The first-order valence-electron chi connectivity index (χ1n) is 9.81. The predicted molar refractivity (Wildman–Crippen MR) is 110 cm³/mol. The maximum atomic E-state index is 12.7.